The van der Waals surface area contributed by atoms with E-state index in [0.29, 0.717) is 10.9 Å². The number of aromatic nitrogens is 2. The first-order chi connectivity index (χ1) is 14.9. The molecule has 0 spiro atoms. The van der Waals surface area contributed by atoms with Gasteiger partial charge in [-0.1, -0.05) is 0 Å². The first-order valence-corrected chi connectivity index (χ1v) is 10.3. The average molecular weight is 425 g/mol. The number of carbonyl (C=O) groups excluding carboxylic acids is 1. The van der Waals surface area contributed by atoms with Crippen LogP contribution in [0.1, 0.15) is 37.0 Å². The molecule has 1 unspecified atom stereocenters. The van der Waals surface area contributed by atoms with Gasteiger partial charge < -0.3 is 19.4 Å². The summed E-state index contributed by atoms with van der Waals surface area (Å²) in [4.78, 5) is 33.9. The first kappa shape index (κ1) is 20.8. The van der Waals surface area contributed by atoms with Crippen molar-refractivity contribution in [1.82, 2.24) is 9.97 Å². The molecule has 0 amide bonds. The van der Waals surface area contributed by atoms with Crippen molar-refractivity contribution < 1.29 is 18.7 Å². The van der Waals surface area contributed by atoms with Gasteiger partial charge in [0.1, 0.15) is 12.2 Å². The lowest BCUT2D eigenvalue weighted by Crippen LogP contribution is -2.46. The number of aromatic amines is 1. The lowest BCUT2D eigenvalue weighted by atomic mass is 9.99. The van der Waals surface area contributed by atoms with E-state index in [-0.39, 0.29) is 35.6 Å². The molecule has 8 heteroatoms. The van der Waals surface area contributed by atoms with Crippen LogP contribution >= 0.6 is 0 Å². The van der Waals surface area contributed by atoms with Crippen LogP contribution in [-0.2, 0) is 4.74 Å². The summed E-state index contributed by atoms with van der Waals surface area (Å²) in [6.07, 6.45) is 4.72. The van der Waals surface area contributed by atoms with Crippen molar-refractivity contribution in [3.05, 3.63) is 64.3 Å². The van der Waals surface area contributed by atoms with E-state index < -0.39 is 11.8 Å². The van der Waals surface area contributed by atoms with Crippen LogP contribution in [0.25, 0.3) is 10.9 Å². The van der Waals surface area contributed by atoms with Crippen LogP contribution < -0.4 is 15.1 Å². The topological polar surface area (TPSA) is 84.5 Å². The molecular weight excluding hydrogens is 401 g/mol. The zero-order valence-corrected chi connectivity index (χ0v) is 17.5. The Balaban J connectivity index is 1.61. The maximum Gasteiger partial charge on any atom is 0.343 e. The fraction of sp³-hybridized carbons (Fsp3) is 0.348. The Hall–Kier alpha value is -3.42. The number of anilines is 1. The minimum atomic E-state index is -0.638. The Labute approximate surface area is 178 Å². The van der Waals surface area contributed by atoms with Gasteiger partial charge >= 0.3 is 5.97 Å². The highest BCUT2D eigenvalue weighted by Crippen LogP contribution is 2.35. The Kier molecular flexibility index (Phi) is 5.63. The summed E-state index contributed by atoms with van der Waals surface area (Å²) in [5.74, 6) is -1.14. The molecule has 1 aliphatic heterocycles. The van der Waals surface area contributed by atoms with E-state index in [0.717, 1.165) is 25.1 Å². The zero-order chi connectivity index (χ0) is 22.0. The van der Waals surface area contributed by atoms with E-state index in [4.69, 9.17) is 9.47 Å². The van der Waals surface area contributed by atoms with E-state index >= 15 is 0 Å². The number of esters is 1. The number of benzene rings is 1. The molecule has 1 saturated heterocycles. The van der Waals surface area contributed by atoms with Crippen LogP contribution in [0.4, 0.5) is 10.1 Å². The van der Waals surface area contributed by atoms with Crippen molar-refractivity contribution in [1.29, 1.82) is 0 Å². The molecule has 1 fully saturated rings. The molecule has 3 heterocycles. The standard InChI is InChI=1S/C23H24FN3O4/c1-3-30-22(29)17-13-26-19-12-15(7-8-16(19)20(17)28)27-11-5-9-23(27,2)14-31-21-18(24)6-4-10-25-21/h4,6-8,10,12-13H,3,5,9,11,14H2,1-2H3,(H,26,28). The van der Waals surface area contributed by atoms with Gasteiger partial charge in [-0.15, -0.1) is 0 Å². The summed E-state index contributed by atoms with van der Waals surface area (Å²) in [6.45, 7) is 5.04. The molecule has 0 radical (unpaired) electrons. The van der Waals surface area contributed by atoms with Crippen LogP contribution in [0.5, 0.6) is 5.88 Å². The molecule has 1 aliphatic rings. The first-order valence-electron chi connectivity index (χ1n) is 10.3. The second-order valence-electron chi connectivity index (χ2n) is 7.81. The number of nitrogens with one attached hydrogen (secondary N) is 1. The summed E-state index contributed by atoms with van der Waals surface area (Å²) in [7, 11) is 0. The van der Waals surface area contributed by atoms with Gasteiger partial charge in [0.15, 0.2) is 5.82 Å². The lowest BCUT2D eigenvalue weighted by Gasteiger charge is -2.36. The third kappa shape index (κ3) is 3.97. The second-order valence-corrected chi connectivity index (χ2v) is 7.81. The van der Waals surface area contributed by atoms with E-state index in [9.17, 15) is 14.0 Å². The molecule has 2 aromatic heterocycles. The number of hydrogen-bond donors (Lipinski definition) is 1. The molecule has 162 valence electrons. The molecule has 31 heavy (non-hydrogen) atoms. The highest BCUT2D eigenvalue weighted by Gasteiger charge is 2.38. The van der Waals surface area contributed by atoms with Gasteiger partial charge in [0.25, 0.3) is 0 Å². The summed E-state index contributed by atoms with van der Waals surface area (Å²) in [5.41, 5.74) is 0.803. The number of carbonyl (C=O) groups is 1. The van der Waals surface area contributed by atoms with Gasteiger partial charge in [-0.25, -0.2) is 14.2 Å². The van der Waals surface area contributed by atoms with Gasteiger partial charge in [0.05, 0.1) is 17.7 Å². The normalized spacial score (nSPS) is 18.4. The van der Waals surface area contributed by atoms with Gasteiger partial charge in [-0.3, -0.25) is 4.79 Å². The Bertz CT molecular complexity index is 1180. The largest absolute Gasteiger partial charge is 0.473 e. The number of H-pyrrole nitrogens is 1. The third-order valence-electron chi connectivity index (χ3n) is 5.66. The molecule has 0 bridgehead atoms. The highest BCUT2D eigenvalue weighted by molar-refractivity contribution is 5.94. The number of ether oxygens (including phenoxy) is 2. The van der Waals surface area contributed by atoms with Crippen LogP contribution in [0.15, 0.2) is 47.5 Å². The monoisotopic (exact) mass is 425 g/mol. The van der Waals surface area contributed by atoms with Gasteiger partial charge in [0.2, 0.25) is 11.3 Å². The van der Waals surface area contributed by atoms with E-state index in [2.05, 4.69) is 21.8 Å². The Morgan fingerprint density at radius 1 is 1.35 bits per heavy atom. The number of rotatable bonds is 6. The fourth-order valence-corrected chi connectivity index (χ4v) is 4.05. The molecule has 0 saturated carbocycles. The zero-order valence-electron chi connectivity index (χ0n) is 17.5. The number of halogens is 1. The second kappa shape index (κ2) is 8.37. The van der Waals surface area contributed by atoms with Crippen LogP contribution in [0, 0.1) is 5.82 Å². The number of fused-ring (bicyclic) bond motifs is 1. The van der Waals surface area contributed by atoms with Gasteiger partial charge in [0, 0.05) is 30.0 Å². The molecular formula is C23H24FN3O4. The van der Waals surface area contributed by atoms with Gasteiger partial charge in [-0.05, 0) is 57.0 Å². The minimum Gasteiger partial charge on any atom is -0.473 e. The maximum absolute atomic E-state index is 13.9. The average Bonchev–Trinajstić information content (AvgIpc) is 3.15. The SMILES string of the molecule is CCOC(=O)c1c[nH]c2cc(N3CCCC3(C)COc3ncccc3F)ccc2c1=O. The van der Waals surface area contributed by atoms with Crippen molar-refractivity contribution in [3.63, 3.8) is 0 Å². The van der Waals surface area contributed by atoms with E-state index in [1.165, 1.54) is 24.5 Å². The Morgan fingerprint density at radius 2 is 2.19 bits per heavy atom. The van der Waals surface area contributed by atoms with Crippen LogP contribution in [0.2, 0.25) is 0 Å². The summed E-state index contributed by atoms with van der Waals surface area (Å²) >= 11 is 0. The van der Waals surface area contributed by atoms with Crippen LogP contribution in [0.3, 0.4) is 0 Å². The fourth-order valence-electron chi connectivity index (χ4n) is 4.05. The molecule has 1 atom stereocenters. The van der Waals surface area contributed by atoms with Crippen molar-refractivity contribution in [3.8, 4) is 5.88 Å². The number of pyridine rings is 2. The van der Waals surface area contributed by atoms with Crippen molar-refractivity contribution in [2.45, 2.75) is 32.2 Å². The van der Waals surface area contributed by atoms with Gasteiger partial charge in [-0.2, -0.15) is 0 Å². The molecule has 1 aromatic carbocycles. The predicted molar refractivity (Wildman–Crippen MR) is 115 cm³/mol. The van der Waals surface area contributed by atoms with E-state index in [1.54, 1.807) is 13.0 Å². The quantitative estimate of drug-likeness (QED) is 0.607. The van der Waals surface area contributed by atoms with Crippen molar-refractivity contribution >= 4 is 22.6 Å². The Morgan fingerprint density at radius 3 is 2.97 bits per heavy atom. The highest BCUT2D eigenvalue weighted by atomic mass is 19.1. The van der Waals surface area contributed by atoms with Crippen molar-refractivity contribution in [2.75, 3.05) is 24.7 Å². The summed E-state index contributed by atoms with van der Waals surface area (Å²) < 4.78 is 24.5. The molecule has 1 N–H and O–H groups in total. The third-order valence-corrected chi connectivity index (χ3v) is 5.66. The summed E-state index contributed by atoms with van der Waals surface area (Å²) in [6, 6.07) is 8.30. The number of nitrogens with zero attached hydrogens (tertiary/aromatic N) is 2. The minimum absolute atomic E-state index is 0.00934. The molecule has 7 nitrogen and oxygen atoms in total. The molecule has 0 aliphatic carbocycles. The maximum atomic E-state index is 13.9. The smallest absolute Gasteiger partial charge is 0.343 e. The lowest BCUT2D eigenvalue weighted by molar-refractivity contribution is 0.0524. The van der Waals surface area contributed by atoms with Crippen molar-refractivity contribution in [2.24, 2.45) is 0 Å². The predicted octanol–water partition coefficient (Wildman–Crippen LogP) is 3.68. The van der Waals surface area contributed by atoms with Crippen LogP contribution in [-0.4, -0.2) is 41.2 Å². The number of hydrogen-bond acceptors (Lipinski definition) is 6. The van der Waals surface area contributed by atoms with E-state index in [1.807, 2.05) is 12.1 Å². The molecule has 3 aromatic rings. The summed E-state index contributed by atoms with van der Waals surface area (Å²) in [5, 5.41) is 0.419. The molecule has 4 rings (SSSR count).